The molecule has 4 aromatic heterocycles. The number of aromatic nitrogens is 5. The molecule has 1 aliphatic carbocycles. The van der Waals surface area contributed by atoms with Gasteiger partial charge >= 0.3 is 0 Å². The molecule has 2 N–H and O–H groups in total. The van der Waals surface area contributed by atoms with Gasteiger partial charge in [-0.2, -0.15) is 0 Å². The predicted octanol–water partition coefficient (Wildman–Crippen LogP) is 3.22. The number of hydrogen-bond acceptors (Lipinski definition) is 6. The molecule has 0 spiro atoms. The Kier molecular flexibility index (Phi) is 5.41. The summed E-state index contributed by atoms with van der Waals surface area (Å²) in [6, 6.07) is 7.07. The van der Waals surface area contributed by atoms with Gasteiger partial charge in [0.1, 0.15) is 11.3 Å². The molecule has 1 aliphatic heterocycles. The van der Waals surface area contributed by atoms with E-state index in [4.69, 9.17) is 5.10 Å². The molecule has 1 saturated heterocycles. The third-order valence-electron chi connectivity index (χ3n) is 7.31. The van der Waals surface area contributed by atoms with Crippen LogP contribution < -0.4 is 10.6 Å². The van der Waals surface area contributed by atoms with Crippen molar-refractivity contribution in [3.8, 4) is 11.1 Å². The molecular weight excluding hydrogens is 428 g/mol. The lowest BCUT2D eigenvalue weighted by Crippen LogP contribution is -2.35. The van der Waals surface area contributed by atoms with E-state index in [0.29, 0.717) is 23.7 Å². The SMILES string of the molecule is CN[C@H]1CC[C@@H](Nc2ncc3c(-c4ccc5ncc(C(=O)N6CCCC6)n5c4)ccn3n2)CC1. The Balaban J connectivity index is 1.26. The Bertz CT molecular complexity index is 1330. The van der Waals surface area contributed by atoms with Gasteiger partial charge in [0.05, 0.1) is 17.9 Å². The minimum atomic E-state index is 0.0479. The number of likely N-dealkylation sites (tertiary alicyclic amines) is 1. The van der Waals surface area contributed by atoms with Crippen LogP contribution in [0.1, 0.15) is 49.0 Å². The quantitative estimate of drug-likeness (QED) is 0.477. The third kappa shape index (κ3) is 3.79. The van der Waals surface area contributed by atoms with Crippen molar-refractivity contribution in [3.05, 3.63) is 48.7 Å². The molecular formula is C25H30N8O. The summed E-state index contributed by atoms with van der Waals surface area (Å²) in [6.45, 7) is 1.64. The van der Waals surface area contributed by atoms with E-state index in [1.807, 2.05) is 57.7 Å². The van der Waals surface area contributed by atoms with Crippen LogP contribution in [0.4, 0.5) is 5.95 Å². The van der Waals surface area contributed by atoms with Crippen molar-refractivity contribution in [2.75, 3.05) is 25.5 Å². The molecule has 9 heteroatoms. The molecule has 6 rings (SSSR count). The first-order chi connectivity index (χ1) is 16.7. The van der Waals surface area contributed by atoms with E-state index in [9.17, 15) is 4.79 Å². The van der Waals surface area contributed by atoms with E-state index >= 15 is 0 Å². The molecule has 1 amide bonds. The fourth-order valence-electron chi connectivity index (χ4n) is 5.30. The summed E-state index contributed by atoms with van der Waals surface area (Å²) in [6.07, 6.45) is 14.2. The maximum absolute atomic E-state index is 13.0. The Hall–Kier alpha value is -3.46. The van der Waals surface area contributed by atoms with Crippen LogP contribution >= 0.6 is 0 Å². The van der Waals surface area contributed by atoms with E-state index < -0.39 is 0 Å². The minimum Gasteiger partial charge on any atom is -0.350 e. The number of carbonyl (C=O) groups is 1. The zero-order chi connectivity index (χ0) is 23.1. The van der Waals surface area contributed by atoms with Gasteiger partial charge in [-0.05, 0) is 63.8 Å². The largest absolute Gasteiger partial charge is 0.350 e. The Morgan fingerprint density at radius 1 is 1.00 bits per heavy atom. The standard InChI is InChI=1S/C25H30N8O/c1-26-18-5-7-19(8-6-18)29-25-28-14-21-20(10-13-33(21)30-25)17-4-9-23-27-15-22(32(23)16-17)24(34)31-11-2-3-12-31/h4,9-10,13-16,18-19,26H,2-3,5-8,11-12H2,1H3,(H,29,30)/t18-,19+. The molecule has 0 atom stereocenters. The molecule has 9 nitrogen and oxygen atoms in total. The number of pyridine rings is 1. The Morgan fingerprint density at radius 2 is 1.79 bits per heavy atom. The number of carbonyl (C=O) groups excluding carboxylic acids is 1. The fourth-order valence-corrected chi connectivity index (χ4v) is 5.30. The van der Waals surface area contributed by atoms with Gasteiger partial charge in [-0.15, -0.1) is 5.10 Å². The van der Waals surface area contributed by atoms with Crippen molar-refractivity contribution in [2.24, 2.45) is 0 Å². The maximum Gasteiger partial charge on any atom is 0.272 e. The van der Waals surface area contributed by atoms with Gasteiger partial charge in [0.25, 0.3) is 5.91 Å². The van der Waals surface area contributed by atoms with E-state index in [1.165, 1.54) is 12.8 Å². The molecule has 34 heavy (non-hydrogen) atoms. The molecule has 0 aromatic carbocycles. The zero-order valence-corrected chi connectivity index (χ0v) is 19.4. The molecule has 0 bridgehead atoms. The Morgan fingerprint density at radius 3 is 2.59 bits per heavy atom. The van der Waals surface area contributed by atoms with Gasteiger partial charge in [0.2, 0.25) is 5.95 Å². The van der Waals surface area contributed by atoms with Crippen LogP contribution in [0.3, 0.4) is 0 Å². The lowest BCUT2D eigenvalue weighted by atomic mass is 9.91. The van der Waals surface area contributed by atoms with Gasteiger partial charge in [-0.25, -0.2) is 14.5 Å². The van der Waals surface area contributed by atoms with Crippen LogP contribution in [0.25, 0.3) is 22.3 Å². The lowest BCUT2D eigenvalue weighted by Gasteiger charge is -2.28. The van der Waals surface area contributed by atoms with E-state index in [-0.39, 0.29) is 5.91 Å². The monoisotopic (exact) mass is 458 g/mol. The number of amides is 1. The van der Waals surface area contributed by atoms with Crippen LogP contribution in [0.5, 0.6) is 0 Å². The number of anilines is 1. The fraction of sp³-hybridized carbons (Fsp3) is 0.440. The normalized spacial score (nSPS) is 20.9. The van der Waals surface area contributed by atoms with Crippen molar-refractivity contribution in [1.29, 1.82) is 0 Å². The number of rotatable bonds is 5. The first-order valence-electron chi connectivity index (χ1n) is 12.2. The highest BCUT2D eigenvalue weighted by Gasteiger charge is 2.23. The second-order valence-corrected chi connectivity index (χ2v) is 9.41. The molecule has 0 unspecified atom stereocenters. The smallest absolute Gasteiger partial charge is 0.272 e. The molecule has 4 aromatic rings. The van der Waals surface area contributed by atoms with Crippen molar-refractivity contribution >= 4 is 23.0 Å². The number of nitrogens with one attached hydrogen (secondary N) is 2. The van der Waals surface area contributed by atoms with E-state index in [1.54, 1.807) is 6.20 Å². The minimum absolute atomic E-state index is 0.0479. The third-order valence-corrected chi connectivity index (χ3v) is 7.31. The number of imidazole rings is 1. The first-order valence-corrected chi connectivity index (χ1v) is 12.2. The lowest BCUT2D eigenvalue weighted by molar-refractivity contribution is 0.0786. The maximum atomic E-state index is 13.0. The van der Waals surface area contributed by atoms with Crippen LogP contribution in [-0.4, -0.2) is 67.0 Å². The summed E-state index contributed by atoms with van der Waals surface area (Å²) in [4.78, 5) is 24.0. The van der Waals surface area contributed by atoms with Crippen molar-refractivity contribution in [1.82, 2.24) is 34.2 Å². The second-order valence-electron chi connectivity index (χ2n) is 9.41. The first kappa shape index (κ1) is 21.1. The number of hydrogen-bond donors (Lipinski definition) is 2. The predicted molar refractivity (Wildman–Crippen MR) is 131 cm³/mol. The summed E-state index contributed by atoms with van der Waals surface area (Å²) in [5.74, 6) is 0.706. The summed E-state index contributed by atoms with van der Waals surface area (Å²) in [5.41, 5.74) is 4.33. The van der Waals surface area contributed by atoms with Gasteiger partial charge < -0.3 is 15.5 Å². The highest BCUT2D eigenvalue weighted by atomic mass is 16.2. The van der Waals surface area contributed by atoms with Crippen LogP contribution in [0, 0.1) is 0 Å². The van der Waals surface area contributed by atoms with Gasteiger partial charge in [0.15, 0.2) is 0 Å². The van der Waals surface area contributed by atoms with Crippen molar-refractivity contribution in [3.63, 3.8) is 0 Å². The Labute approximate surface area is 198 Å². The highest BCUT2D eigenvalue weighted by molar-refractivity contribution is 5.93. The summed E-state index contributed by atoms with van der Waals surface area (Å²) >= 11 is 0. The molecule has 2 aliphatic rings. The van der Waals surface area contributed by atoms with E-state index in [0.717, 1.165) is 61.1 Å². The summed E-state index contributed by atoms with van der Waals surface area (Å²) in [5, 5.41) is 11.6. The van der Waals surface area contributed by atoms with Crippen LogP contribution in [0.2, 0.25) is 0 Å². The second kappa shape index (κ2) is 8.72. The molecule has 2 fully saturated rings. The molecule has 1 saturated carbocycles. The number of nitrogens with zero attached hydrogens (tertiary/aromatic N) is 6. The van der Waals surface area contributed by atoms with Gasteiger partial charge in [-0.1, -0.05) is 0 Å². The van der Waals surface area contributed by atoms with Crippen LogP contribution in [0.15, 0.2) is 43.0 Å². The van der Waals surface area contributed by atoms with E-state index in [2.05, 4.69) is 20.6 Å². The molecule has 176 valence electrons. The summed E-state index contributed by atoms with van der Waals surface area (Å²) in [7, 11) is 2.04. The topological polar surface area (TPSA) is 91.9 Å². The van der Waals surface area contributed by atoms with Crippen molar-refractivity contribution < 1.29 is 4.79 Å². The van der Waals surface area contributed by atoms with Crippen molar-refractivity contribution in [2.45, 2.75) is 50.6 Å². The highest BCUT2D eigenvalue weighted by Crippen LogP contribution is 2.27. The average Bonchev–Trinajstić information content (AvgIpc) is 3.63. The van der Waals surface area contributed by atoms with Crippen LogP contribution in [-0.2, 0) is 0 Å². The molecule has 0 radical (unpaired) electrons. The van der Waals surface area contributed by atoms with Gasteiger partial charge in [0, 0.05) is 48.7 Å². The summed E-state index contributed by atoms with van der Waals surface area (Å²) < 4.78 is 3.77. The zero-order valence-electron chi connectivity index (χ0n) is 19.4. The van der Waals surface area contributed by atoms with Gasteiger partial charge in [-0.3, -0.25) is 9.20 Å². The number of fused-ring (bicyclic) bond motifs is 2. The average molecular weight is 459 g/mol. The molecule has 5 heterocycles.